The molecule has 2 rings (SSSR count). The van der Waals surface area contributed by atoms with Gasteiger partial charge in [-0.15, -0.1) is 0 Å². The molecule has 1 aliphatic rings. The number of nitrogens with one attached hydrogen (secondary N) is 1. The van der Waals surface area contributed by atoms with Crippen molar-refractivity contribution in [2.45, 2.75) is 19.4 Å². The van der Waals surface area contributed by atoms with Gasteiger partial charge in [-0.3, -0.25) is 9.48 Å². The summed E-state index contributed by atoms with van der Waals surface area (Å²) < 4.78 is 7.01. The zero-order valence-corrected chi connectivity index (χ0v) is 11.7. The van der Waals surface area contributed by atoms with Gasteiger partial charge in [0.1, 0.15) is 5.41 Å². The highest BCUT2D eigenvalue weighted by atomic mass is 32.1. The van der Waals surface area contributed by atoms with Gasteiger partial charge in [-0.2, -0.15) is 5.10 Å². The summed E-state index contributed by atoms with van der Waals surface area (Å²) in [7, 11) is 1.83. The second-order valence-corrected chi connectivity index (χ2v) is 5.13. The fraction of sp³-hybridized carbons (Fsp3) is 0.583. The first-order valence-electron chi connectivity index (χ1n) is 6.19. The summed E-state index contributed by atoms with van der Waals surface area (Å²) in [5.74, 6) is -0.121. The van der Waals surface area contributed by atoms with Crippen LogP contribution in [0.25, 0.3) is 0 Å². The Kier molecular flexibility index (Phi) is 4.16. The molecule has 0 bridgehead atoms. The Morgan fingerprint density at radius 1 is 1.63 bits per heavy atom. The molecule has 1 aliphatic heterocycles. The van der Waals surface area contributed by atoms with E-state index in [0.29, 0.717) is 32.6 Å². The molecule has 0 atom stereocenters. The van der Waals surface area contributed by atoms with Gasteiger partial charge < -0.3 is 15.8 Å². The maximum Gasteiger partial charge on any atom is 0.233 e. The smallest absolute Gasteiger partial charge is 0.233 e. The van der Waals surface area contributed by atoms with Crippen molar-refractivity contribution in [2.75, 3.05) is 13.2 Å². The van der Waals surface area contributed by atoms with Crippen LogP contribution in [-0.4, -0.2) is 33.9 Å². The van der Waals surface area contributed by atoms with Crippen molar-refractivity contribution in [3.63, 3.8) is 0 Å². The summed E-state index contributed by atoms with van der Waals surface area (Å²) in [5, 5.41) is 6.95. The van der Waals surface area contributed by atoms with Gasteiger partial charge in [-0.05, 0) is 18.9 Å². The summed E-state index contributed by atoms with van der Waals surface area (Å²) in [6.45, 7) is 1.44. The van der Waals surface area contributed by atoms with Crippen molar-refractivity contribution in [3.05, 3.63) is 18.0 Å². The minimum atomic E-state index is -0.772. The molecule has 0 saturated carbocycles. The second kappa shape index (κ2) is 5.66. The Morgan fingerprint density at radius 2 is 2.32 bits per heavy atom. The van der Waals surface area contributed by atoms with Crippen molar-refractivity contribution in [1.29, 1.82) is 0 Å². The van der Waals surface area contributed by atoms with Crippen LogP contribution >= 0.6 is 12.2 Å². The van der Waals surface area contributed by atoms with Crippen LogP contribution in [0.4, 0.5) is 0 Å². The van der Waals surface area contributed by atoms with E-state index in [1.807, 2.05) is 13.1 Å². The average molecular weight is 282 g/mol. The van der Waals surface area contributed by atoms with Gasteiger partial charge in [0.2, 0.25) is 5.91 Å². The minimum Gasteiger partial charge on any atom is -0.392 e. The standard InChI is InChI=1S/C12H18N4O2S/c1-16-9(2-5-15-16)8-14-11(17)12(10(13)19)3-6-18-7-4-12/h2,5H,3-4,6-8H2,1H3,(H2,13,19)(H,14,17). The molecule has 1 aromatic heterocycles. The number of rotatable bonds is 4. The van der Waals surface area contributed by atoms with Gasteiger partial charge in [0.05, 0.1) is 17.2 Å². The third kappa shape index (κ3) is 2.76. The van der Waals surface area contributed by atoms with Crippen LogP contribution in [0.5, 0.6) is 0 Å². The summed E-state index contributed by atoms with van der Waals surface area (Å²) >= 11 is 5.09. The Hall–Kier alpha value is -1.47. The molecule has 0 aromatic carbocycles. The zero-order chi connectivity index (χ0) is 13.9. The van der Waals surface area contributed by atoms with E-state index in [4.69, 9.17) is 22.7 Å². The van der Waals surface area contributed by atoms with Crippen LogP contribution in [0.3, 0.4) is 0 Å². The predicted octanol–water partition coefficient (Wildman–Crippen LogP) is 0.119. The zero-order valence-electron chi connectivity index (χ0n) is 10.9. The van der Waals surface area contributed by atoms with Crippen molar-refractivity contribution >= 4 is 23.1 Å². The molecule has 1 saturated heterocycles. The monoisotopic (exact) mass is 282 g/mol. The molecule has 2 heterocycles. The highest BCUT2D eigenvalue weighted by Crippen LogP contribution is 2.31. The fourth-order valence-corrected chi connectivity index (χ4v) is 2.52. The molecule has 1 amide bonds. The molecule has 3 N–H and O–H groups in total. The lowest BCUT2D eigenvalue weighted by molar-refractivity contribution is -0.131. The molecule has 0 spiro atoms. The first-order chi connectivity index (χ1) is 9.06. The number of aryl methyl sites for hydroxylation is 1. The lowest BCUT2D eigenvalue weighted by Gasteiger charge is -2.34. The van der Waals surface area contributed by atoms with E-state index in [1.165, 1.54) is 0 Å². The Balaban J connectivity index is 2.04. The lowest BCUT2D eigenvalue weighted by Crippen LogP contribution is -2.51. The largest absolute Gasteiger partial charge is 0.392 e. The van der Waals surface area contributed by atoms with Gasteiger partial charge >= 0.3 is 0 Å². The van der Waals surface area contributed by atoms with Crippen molar-refractivity contribution in [2.24, 2.45) is 18.2 Å². The van der Waals surface area contributed by atoms with Crippen molar-refractivity contribution < 1.29 is 9.53 Å². The summed E-state index contributed by atoms with van der Waals surface area (Å²) in [5.41, 5.74) is 5.94. The number of thiocarbonyl (C=S) groups is 1. The fourth-order valence-electron chi connectivity index (χ4n) is 2.22. The van der Waals surface area contributed by atoms with Gasteiger partial charge in [0.15, 0.2) is 0 Å². The van der Waals surface area contributed by atoms with Gasteiger partial charge in [-0.25, -0.2) is 0 Å². The van der Waals surface area contributed by atoms with Crippen LogP contribution in [-0.2, 0) is 23.1 Å². The maximum atomic E-state index is 12.4. The molecule has 104 valence electrons. The van der Waals surface area contributed by atoms with Gasteiger partial charge in [-0.1, -0.05) is 12.2 Å². The van der Waals surface area contributed by atoms with Crippen molar-refractivity contribution in [3.8, 4) is 0 Å². The Labute approximate surface area is 117 Å². The summed E-state index contributed by atoms with van der Waals surface area (Å²) in [6.07, 6.45) is 2.78. The molecule has 1 fully saturated rings. The molecular weight excluding hydrogens is 264 g/mol. The van der Waals surface area contributed by atoms with Crippen LogP contribution < -0.4 is 11.1 Å². The van der Waals surface area contributed by atoms with Crippen molar-refractivity contribution in [1.82, 2.24) is 15.1 Å². The molecule has 19 heavy (non-hydrogen) atoms. The molecule has 0 radical (unpaired) electrons. The maximum absolute atomic E-state index is 12.4. The molecule has 1 aromatic rings. The average Bonchev–Trinajstić information content (AvgIpc) is 2.82. The normalized spacial score (nSPS) is 17.9. The van der Waals surface area contributed by atoms with Gasteiger partial charge in [0, 0.05) is 26.5 Å². The molecule has 7 heteroatoms. The lowest BCUT2D eigenvalue weighted by atomic mass is 9.79. The Bertz CT molecular complexity index is 480. The number of ether oxygens (including phenoxy) is 1. The van der Waals surface area contributed by atoms with Crippen LogP contribution in [0.2, 0.25) is 0 Å². The summed E-state index contributed by atoms with van der Waals surface area (Å²) in [6, 6.07) is 1.86. The number of amides is 1. The molecule has 0 aliphatic carbocycles. The third-order valence-corrected chi connectivity index (χ3v) is 4.00. The second-order valence-electron chi connectivity index (χ2n) is 4.69. The quantitative estimate of drug-likeness (QED) is 0.767. The highest BCUT2D eigenvalue weighted by Gasteiger charge is 2.42. The SMILES string of the molecule is Cn1nccc1CNC(=O)C1(C(N)=S)CCOCC1. The number of carbonyl (C=O) groups is 1. The number of hydrogen-bond acceptors (Lipinski definition) is 4. The summed E-state index contributed by atoms with van der Waals surface area (Å²) in [4.78, 5) is 12.7. The van der Waals surface area contributed by atoms with Crippen LogP contribution in [0, 0.1) is 5.41 Å². The predicted molar refractivity (Wildman–Crippen MR) is 74.3 cm³/mol. The highest BCUT2D eigenvalue weighted by molar-refractivity contribution is 7.80. The first kappa shape index (κ1) is 14.0. The number of aromatic nitrogens is 2. The van der Waals surface area contributed by atoms with Crippen LogP contribution in [0.1, 0.15) is 18.5 Å². The molecule has 6 nitrogen and oxygen atoms in total. The number of nitrogens with zero attached hydrogens (tertiary/aromatic N) is 2. The number of hydrogen-bond donors (Lipinski definition) is 2. The molecular formula is C12H18N4O2S. The number of carbonyl (C=O) groups excluding carboxylic acids is 1. The topological polar surface area (TPSA) is 82.2 Å². The van der Waals surface area contributed by atoms with E-state index >= 15 is 0 Å². The first-order valence-corrected chi connectivity index (χ1v) is 6.60. The van der Waals surface area contributed by atoms with E-state index in [1.54, 1.807) is 10.9 Å². The van der Waals surface area contributed by atoms with Gasteiger partial charge in [0.25, 0.3) is 0 Å². The minimum absolute atomic E-state index is 0.121. The van der Waals surface area contributed by atoms with E-state index < -0.39 is 5.41 Å². The van der Waals surface area contributed by atoms with E-state index in [2.05, 4.69) is 10.4 Å². The molecule has 0 unspecified atom stereocenters. The Morgan fingerprint density at radius 3 is 2.84 bits per heavy atom. The van der Waals surface area contributed by atoms with E-state index in [9.17, 15) is 4.79 Å². The van der Waals surface area contributed by atoms with E-state index in [-0.39, 0.29) is 10.9 Å². The third-order valence-electron chi connectivity index (χ3n) is 3.61. The number of nitrogens with two attached hydrogens (primary N) is 1. The van der Waals surface area contributed by atoms with E-state index in [0.717, 1.165) is 5.69 Å². The van der Waals surface area contributed by atoms with Crippen LogP contribution in [0.15, 0.2) is 12.3 Å².